The Kier molecular flexibility index (Phi) is 8.46. The van der Waals surface area contributed by atoms with Crippen LogP contribution < -0.4 is 54.6 Å². The van der Waals surface area contributed by atoms with Gasteiger partial charge in [-0.05, 0) is 65.0 Å². The minimum atomic E-state index is 1.17. The first-order chi connectivity index (χ1) is 29.5. The summed E-state index contributed by atoms with van der Waals surface area (Å²) in [4.78, 5) is 0. The Morgan fingerprint density at radius 3 is 1.38 bits per heavy atom. The van der Waals surface area contributed by atoms with E-state index in [1.807, 2.05) is 0 Å². The quantitative estimate of drug-likeness (QED) is 0.160. The highest BCUT2D eigenvalue weighted by Gasteiger charge is 2.29. The van der Waals surface area contributed by atoms with Gasteiger partial charge in [0.05, 0.1) is 16.6 Å². The second kappa shape index (κ2) is 13.7. The van der Waals surface area contributed by atoms with Crippen molar-refractivity contribution in [2.75, 3.05) is 0 Å². The standard InChI is InChI=1S/C48H41B10N3/c49-35-32-31-37(51)42(56)48-34(33-36(50)39(53)41(55)44(58)47(33)61(48)25-15-9-12-23(20-25)22-10-3-1-4-11-22)45(31)60(46(32)43(57)40(54)38(35)52)26-18-19-30-28(21-26)27-16-7-8-17-29(27)59(30)24-13-5-2-6-14-24/h1-21H,49-58H2. The Balaban J connectivity index is 1.38. The summed E-state index contributed by atoms with van der Waals surface area (Å²) in [5.41, 5.74) is 27.1. The lowest BCUT2D eigenvalue weighted by Gasteiger charge is -2.17. The van der Waals surface area contributed by atoms with E-state index < -0.39 is 0 Å². The minimum Gasteiger partial charge on any atom is -0.310 e. The fourth-order valence-electron chi connectivity index (χ4n) is 10.9. The van der Waals surface area contributed by atoms with Crippen LogP contribution in [0.4, 0.5) is 0 Å². The summed E-state index contributed by atoms with van der Waals surface area (Å²) < 4.78 is 7.70. The Morgan fingerprint density at radius 2 is 0.705 bits per heavy atom. The van der Waals surface area contributed by atoms with Gasteiger partial charge in [0, 0.05) is 60.5 Å². The number of hydrogen-bond donors (Lipinski definition) is 0. The smallest absolute Gasteiger partial charge is 0.141 e. The molecule has 11 rings (SSSR count). The lowest BCUT2D eigenvalue weighted by molar-refractivity contribution is 1.17. The molecule has 3 heterocycles. The lowest BCUT2D eigenvalue weighted by Crippen LogP contribution is -2.48. The molecule has 0 aliphatic rings. The first-order valence-corrected chi connectivity index (χ1v) is 21.7. The molecule has 0 fully saturated rings. The number of benzene rings is 8. The van der Waals surface area contributed by atoms with Gasteiger partial charge in [-0.25, -0.2) is 0 Å². The van der Waals surface area contributed by atoms with E-state index in [-0.39, 0.29) is 0 Å². The molecule has 0 aliphatic heterocycles. The van der Waals surface area contributed by atoms with Crippen LogP contribution in [0.15, 0.2) is 127 Å². The number of para-hydroxylation sites is 2. The first kappa shape index (κ1) is 37.8. The molecule has 0 unspecified atom stereocenters. The molecule has 3 aromatic heterocycles. The van der Waals surface area contributed by atoms with Gasteiger partial charge < -0.3 is 13.7 Å². The second-order valence-electron chi connectivity index (χ2n) is 17.6. The Labute approximate surface area is 366 Å². The molecule has 8 aromatic carbocycles. The van der Waals surface area contributed by atoms with Crippen molar-refractivity contribution in [1.29, 1.82) is 0 Å². The van der Waals surface area contributed by atoms with E-state index in [9.17, 15) is 0 Å². The first-order valence-electron chi connectivity index (χ1n) is 21.7. The molecule has 0 atom stereocenters. The predicted octanol–water partition coefficient (Wildman–Crippen LogP) is -4.77. The molecule has 11 aromatic rings. The monoisotopic (exact) mass is 769 g/mol. The average Bonchev–Trinajstić information content (AvgIpc) is 3.95. The number of aromatic nitrogens is 3. The number of fused-ring (bicyclic) bond motifs is 10. The van der Waals surface area contributed by atoms with Crippen LogP contribution in [0.3, 0.4) is 0 Å². The van der Waals surface area contributed by atoms with E-state index >= 15 is 0 Å². The zero-order valence-electron chi connectivity index (χ0n) is 37.0. The van der Waals surface area contributed by atoms with Gasteiger partial charge >= 0.3 is 0 Å². The maximum atomic E-state index is 2.66. The third-order valence-electron chi connectivity index (χ3n) is 14.8. The normalized spacial score (nSPS) is 11.9. The molecule has 0 aliphatic carbocycles. The summed E-state index contributed by atoms with van der Waals surface area (Å²) in [5.74, 6) is 0. The number of hydrogen-bond acceptors (Lipinski definition) is 0. The SMILES string of the molecule is Bc1c(B)c(B)c2c(c1B)c1c(c(B)c(B)c3c4c(B)c(B)c(B)c(B)c4n(-c4ccc5c(c4)c4ccccc4n5-c4ccccc4)c31)n2-c1cccc(-c2ccccc2)c1. The van der Waals surface area contributed by atoms with Gasteiger partial charge in [-0.2, -0.15) is 0 Å². The van der Waals surface area contributed by atoms with E-state index in [0.29, 0.717) is 0 Å². The van der Waals surface area contributed by atoms with E-state index in [1.54, 1.807) is 0 Å². The van der Waals surface area contributed by atoms with Gasteiger partial charge in [0.25, 0.3) is 0 Å². The third-order valence-corrected chi connectivity index (χ3v) is 14.8. The number of rotatable bonds is 4. The molecule has 0 saturated heterocycles. The largest absolute Gasteiger partial charge is 0.310 e. The van der Waals surface area contributed by atoms with Crippen molar-refractivity contribution in [3.05, 3.63) is 127 Å². The maximum absolute atomic E-state index is 2.66. The molecule has 0 bridgehead atoms. The van der Waals surface area contributed by atoms with Crippen LogP contribution in [-0.4, -0.2) is 92.2 Å². The molecule has 61 heavy (non-hydrogen) atoms. The van der Waals surface area contributed by atoms with E-state index in [0.717, 1.165) is 0 Å². The zero-order valence-corrected chi connectivity index (χ0v) is 37.0. The van der Waals surface area contributed by atoms with Gasteiger partial charge in [0.15, 0.2) is 0 Å². The van der Waals surface area contributed by atoms with Crippen LogP contribution >= 0.6 is 0 Å². The van der Waals surface area contributed by atoms with Crippen LogP contribution in [0.2, 0.25) is 0 Å². The summed E-state index contributed by atoms with van der Waals surface area (Å²) >= 11 is 0. The zero-order chi connectivity index (χ0) is 42.2. The summed E-state index contributed by atoms with van der Waals surface area (Å²) in [5, 5.41) is 7.93. The fourth-order valence-corrected chi connectivity index (χ4v) is 10.9. The van der Waals surface area contributed by atoms with Crippen LogP contribution in [-0.2, 0) is 0 Å². The molecule has 13 heteroatoms. The summed E-state index contributed by atoms with van der Waals surface area (Å²) in [6, 6.07) is 46.9. The lowest BCUT2D eigenvalue weighted by atomic mass is 9.64. The molecule has 0 N–H and O–H groups in total. The van der Waals surface area contributed by atoms with Gasteiger partial charge in [0.2, 0.25) is 0 Å². The molecule has 3 nitrogen and oxygen atoms in total. The third kappa shape index (κ3) is 5.13. The highest BCUT2D eigenvalue weighted by molar-refractivity contribution is 6.71. The Morgan fingerprint density at radius 1 is 0.262 bits per heavy atom. The van der Waals surface area contributed by atoms with Crippen molar-refractivity contribution in [2.45, 2.75) is 0 Å². The molecule has 0 saturated carbocycles. The topological polar surface area (TPSA) is 14.8 Å². The molecule has 0 radical (unpaired) electrons. The van der Waals surface area contributed by atoms with Crippen LogP contribution in [0.25, 0.3) is 93.6 Å². The number of nitrogens with zero attached hydrogens (tertiary/aromatic N) is 3. The van der Waals surface area contributed by atoms with Crippen molar-refractivity contribution in [2.24, 2.45) is 0 Å². The average molecular weight is 768 g/mol. The Bertz CT molecular complexity index is 3700. The van der Waals surface area contributed by atoms with Crippen molar-refractivity contribution >= 4 is 199 Å². The van der Waals surface area contributed by atoms with Crippen molar-refractivity contribution < 1.29 is 0 Å². The van der Waals surface area contributed by atoms with Gasteiger partial charge in [-0.15, -0.1) is 10.9 Å². The highest BCUT2D eigenvalue weighted by Crippen LogP contribution is 2.40. The molecule has 0 spiro atoms. The van der Waals surface area contributed by atoms with Crippen LogP contribution in [0.1, 0.15) is 0 Å². The fraction of sp³-hybridized carbons (Fsp3) is 0. The second-order valence-corrected chi connectivity index (χ2v) is 17.6. The molecular formula is C48H41B10N3. The summed E-state index contributed by atoms with van der Waals surface area (Å²) in [6.45, 7) is 0. The van der Waals surface area contributed by atoms with Gasteiger partial charge in [0.1, 0.15) is 78.5 Å². The van der Waals surface area contributed by atoms with Crippen LogP contribution in [0, 0.1) is 0 Å². The van der Waals surface area contributed by atoms with Crippen molar-refractivity contribution in [3.8, 4) is 28.2 Å². The van der Waals surface area contributed by atoms with E-state index in [4.69, 9.17) is 0 Å². The molecule has 278 valence electrons. The molecular weight excluding hydrogens is 727 g/mol. The van der Waals surface area contributed by atoms with Gasteiger partial charge in [-0.3, -0.25) is 0 Å². The van der Waals surface area contributed by atoms with Crippen LogP contribution in [0.5, 0.6) is 0 Å². The van der Waals surface area contributed by atoms with Crippen molar-refractivity contribution in [3.63, 3.8) is 0 Å². The summed E-state index contributed by atoms with van der Waals surface area (Å²) in [6.07, 6.45) is 0. The van der Waals surface area contributed by atoms with E-state index in [2.05, 4.69) is 220 Å². The summed E-state index contributed by atoms with van der Waals surface area (Å²) in [7, 11) is 23.4. The van der Waals surface area contributed by atoms with Gasteiger partial charge in [-0.1, -0.05) is 123 Å². The predicted molar refractivity (Wildman–Crippen MR) is 297 cm³/mol. The molecule has 0 amide bonds. The Hall–Kier alpha value is -6.19. The minimum absolute atomic E-state index is 1.17. The maximum Gasteiger partial charge on any atom is 0.141 e. The highest BCUT2D eigenvalue weighted by atomic mass is 15.0. The van der Waals surface area contributed by atoms with Crippen molar-refractivity contribution in [1.82, 2.24) is 13.7 Å². The van der Waals surface area contributed by atoms with E-state index in [1.165, 1.54) is 148 Å².